The Labute approximate surface area is 51.9 Å². The van der Waals surface area contributed by atoms with Crippen molar-refractivity contribution >= 4 is 6.03 Å². The summed E-state index contributed by atoms with van der Waals surface area (Å²) in [6.07, 6.45) is 0. The summed E-state index contributed by atoms with van der Waals surface area (Å²) in [5.74, 6) is 0. The zero-order chi connectivity index (χ0) is 7.07. The van der Waals surface area contributed by atoms with Gasteiger partial charge in [0.05, 0.1) is 5.11 Å². The third-order valence-corrected chi connectivity index (χ3v) is 1.07. The highest BCUT2D eigenvalue weighted by Crippen LogP contribution is 2.09. The van der Waals surface area contributed by atoms with Crippen LogP contribution in [0.2, 0.25) is 0 Å². The maximum Gasteiger partial charge on any atom is 0.407 e. The summed E-state index contributed by atoms with van der Waals surface area (Å²) < 4.78 is 0. The summed E-state index contributed by atoms with van der Waals surface area (Å²) in [5, 5.41) is 16.0. The van der Waals surface area contributed by atoms with Crippen LogP contribution in [-0.4, -0.2) is 16.6 Å². The number of urea groups is 1. The van der Waals surface area contributed by atoms with Crippen molar-refractivity contribution in [2.45, 2.75) is 19.5 Å². The van der Waals surface area contributed by atoms with Crippen molar-refractivity contribution in [1.82, 2.24) is 5.32 Å². The van der Waals surface area contributed by atoms with Crippen LogP contribution >= 0.6 is 0 Å². The second kappa shape index (κ2) is 1.43. The molecule has 1 aliphatic heterocycles. The van der Waals surface area contributed by atoms with Crippen LogP contribution in [0, 0.1) is 5.21 Å². The van der Waals surface area contributed by atoms with Gasteiger partial charge in [0.1, 0.15) is 0 Å². The number of hydrogen-bond donors (Lipinski definition) is 1. The molecule has 2 amide bonds. The van der Waals surface area contributed by atoms with Gasteiger partial charge in [-0.1, -0.05) is 4.86 Å². The molecule has 0 aromatic rings. The summed E-state index contributed by atoms with van der Waals surface area (Å²) in [6.45, 7) is 3.16. The molecular formula is C4H7N3O2. The fraction of sp³-hybridized carbons (Fsp3) is 0.750. The van der Waals surface area contributed by atoms with E-state index in [-0.39, 0.29) is 0 Å². The largest absolute Gasteiger partial charge is 0.598 e. The molecule has 0 saturated carbocycles. The molecule has 5 nitrogen and oxygen atoms in total. The summed E-state index contributed by atoms with van der Waals surface area (Å²) in [4.78, 5) is 10.7. The van der Waals surface area contributed by atoms with E-state index in [0.29, 0.717) is 4.86 Å². The van der Waals surface area contributed by atoms with Gasteiger partial charge >= 0.3 is 6.03 Å². The van der Waals surface area contributed by atoms with E-state index in [1.807, 2.05) is 0 Å². The predicted octanol–water partition coefficient (Wildman–Crippen LogP) is 0.408. The van der Waals surface area contributed by atoms with Crippen LogP contribution in [0.15, 0.2) is 5.11 Å². The van der Waals surface area contributed by atoms with Crippen molar-refractivity contribution in [3.8, 4) is 0 Å². The SMILES string of the molecule is CC1(C)NC(=O)N=[N+]1[O-]. The van der Waals surface area contributed by atoms with Crippen LogP contribution in [0.5, 0.6) is 0 Å². The molecule has 0 radical (unpaired) electrons. The maximum atomic E-state index is 10.6. The lowest BCUT2D eigenvalue weighted by atomic mass is 10.3. The molecule has 50 valence electrons. The van der Waals surface area contributed by atoms with Crippen LogP contribution < -0.4 is 5.32 Å². The van der Waals surface area contributed by atoms with Gasteiger partial charge in [0.2, 0.25) is 0 Å². The second-order valence-electron chi connectivity index (χ2n) is 2.36. The van der Waals surface area contributed by atoms with Crippen molar-refractivity contribution in [2.24, 2.45) is 5.11 Å². The van der Waals surface area contributed by atoms with E-state index in [4.69, 9.17) is 0 Å². The van der Waals surface area contributed by atoms with Crippen LogP contribution in [0.4, 0.5) is 4.79 Å². The molecule has 0 spiro atoms. The Morgan fingerprint density at radius 1 is 1.78 bits per heavy atom. The zero-order valence-corrected chi connectivity index (χ0v) is 5.21. The van der Waals surface area contributed by atoms with Crippen LogP contribution in [-0.2, 0) is 0 Å². The van der Waals surface area contributed by atoms with E-state index in [2.05, 4.69) is 10.4 Å². The molecule has 9 heavy (non-hydrogen) atoms. The molecule has 0 saturated heterocycles. The number of nitrogens with one attached hydrogen (secondary N) is 1. The van der Waals surface area contributed by atoms with Gasteiger partial charge in [-0.15, -0.1) is 0 Å². The first-order valence-corrected chi connectivity index (χ1v) is 2.53. The first-order valence-electron chi connectivity index (χ1n) is 2.53. The molecule has 0 aromatic carbocycles. The predicted molar refractivity (Wildman–Crippen MR) is 28.7 cm³/mol. The van der Waals surface area contributed by atoms with E-state index < -0.39 is 11.7 Å². The molecule has 0 aliphatic carbocycles. The molecule has 5 heteroatoms. The first-order chi connectivity index (χ1) is 4.02. The minimum Gasteiger partial charge on any atom is -0.598 e. The van der Waals surface area contributed by atoms with Gasteiger partial charge < -0.3 is 5.21 Å². The molecular weight excluding hydrogens is 122 g/mol. The van der Waals surface area contributed by atoms with Crippen LogP contribution in [0.25, 0.3) is 0 Å². The maximum absolute atomic E-state index is 10.6. The number of hydroxylamine groups is 1. The summed E-state index contributed by atoms with van der Waals surface area (Å²) >= 11 is 0. The third kappa shape index (κ3) is 0.847. The van der Waals surface area contributed by atoms with Gasteiger partial charge in [0.15, 0.2) is 0 Å². The van der Waals surface area contributed by atoms with Gasteiger partial charge in [0.25, 0.3) is 5.66 Å². The van der Waals surface area contributed by atoms with E-state index in [0.717, 1.165) is 0 Å². The second-order valence-corrected chi connectivity index (χ2v) is 2.36. The molecule has 0 fully saturated rings. The van der Waals surface area contributed by atoms with Crippen molar-refractivity contribution in [3.05, 3.63) is 5.21 Å². The smallest absolute Gasteiger partial charge is 0.407 e. The quantitative estimate of drug-likeness (QED) is 0.380. The van der Waals surface area contributed by atoms with Crippen molar-refractivity contribution in [2.75, 3.05) is 0 Å². The number of rotatable bonds is 0. The lowest BCUT2D eigenvalue weighted by Gasteiger charge is -2.12. The molecule has 0 unspecified atom stereocenters. The molecule has 1 heterocycles. The zero-order valence-electron chi connectivity index (χ0n) is 5.21. The highest BCUT2D eigenvalue weighted by atomic mass is 16.5. The number of azo groups is 1. The molecule has 1 rings (SSSR count). The lowest BCUT2D eigenvalue weighted by Crippen LogP contribution is -2.42. The topological polar surface area (TPSA) is 67.5 Å². The van der Waals surface area contributed by atoms with E-state index >= 15 is 0 Å². The number of amides is 2. The summed E-state index contributed by atoms with van der Waals surface area (Å²) in [7, 11) is 0. The lowest BCUT2D eigenvalue weighted by molar-refractivity contribution is -0.591. The van der Waals surface area contributed by atoms with E-state index in [1.165, 1.54) is 0 Å². The number of carbonyl (C=O) groups is 1. The monoisotopic (exact) mass is 129 g/mol. The van der Waals surface area contributed by atoms with Crippen molar-refractivity contribution in [3.63, 3.8) is 0 Å². The molecule has 1 aliphatic rings. The normalized spacial score (nSPS) is 23.3. The van der Waals surface area contributed by atoms with Gasteiger partial charge in [-0.2, -0.15) is 0 Å². The Balaban J connectivity index is 2.89. The number of carbonyl (C=O) groups excluding carboxylic acids is 1. The van der Waals surface area contributed by atoms with E-state index in [9.17, 15) is 10.0 Å². The Morgan fingerprint density at radius 3 is 2.44 bits per heavy atom. The van der Waals surface area contributed by atoms with Crippen LogP contribution in [0.3, 0.4) is 0 Å². The van der Waals surface area contributed by atoms with Crippen molar-refractivity contribution < 1.29 is 9.66 Å². The Kier molecular flexibility index (Phi) is 0.952. The van der Waals surface area contributed by atoms with Gasteiger partial charge in [-0.3, -0.25) is 5.32 Å². The average Bonchev–Trinajstić information content (AvgIpc) is 1.79. The standard InChI is InChI=1S/C4H7N3O2/c1-4(2)5-3(8)6-7(4)9/h1-2H3,(H,5,8). The van der Waals surface area contributed by atoms with Gasteiger partial charge in [-0.25, -0.2) is 4.79 Å². The minimum atomic E-state index is -0.864. The highest BCUT2D eigenvalue weighted by molar-refractivity contribution is 5.75. The average molecular weight is 129 g/mol. The summed E-state index contributed by atoms with van der Waals surface area (Å²) in [6, 6.07) is -0.574. The van der Waals surface area contributed by atoms with Crippen LogP contribution in [0.1, 0.15) is 13.8 Å². The highest BCUT2D eigenvalue weighted by Gasteiger charge is 2.37. The molecule has 0 aromatic heterocycles. The molecule has 0 bridgehead atoms. The Morgan fingerprint density at radius 2 is 2.33 bits per heavy atom. The van der Waals surface area contributed by atoms with Gasteiger partial charge in [-0.05, 0) is 0 Å². The third-order valence-electron chi connectivity index (χ3n) is 1.07. The fourth-order valence-electron chi connectivity index (χ4n) is 0.542. The molecule has 0 atom stereocenters. The van der Waals surface area contributed by atoms with E-state index in [1.54, 1.807) is 13.8 Å². The fourth-order valence-corrected chi connectivity index (χ4v) is 0.542. The molecule has 1 N–H and O–H groups in total. The summed E-state index contributed by atoms with van der Waals surface area (Å²) in [5.41, 5.74) is -0.864. The Hall–Kier alpha value is -1.13. The minimum absolute atomic E-state index is 0.356. The number of nitrogens with zero attached hydrogens (tertiary/aromatic N) is 2. The van der Waals surface area contributed by atoms with Gasteiger partial charge in [0, 0.05) is 13.8 Å². The Bertz CT molecular complexity index is 184. The number of hydrogen-bond acceptors (Lipinski definition) is 2. The first kappa shape index (κ1) is 6.00. The van der Waals surface area contributed by atoms with Crippen molar-refractivity contribution in [1.29, 1.82) is 0 Å².